The van der Waals surface area contributed by atoms with E-state index in [1.165, 1.54) is 6.33 Å². The molecule has 0 saturated carbocycles. The average molecular weight is 610 g/mol. The van der Waals surface area contributed by atoms with Crippen molar-refractivity contribution in [1.29, 1.82) is 0 Å². The monoisotopic (exact) mass is 609 g/mol. The highest BCUT2D eigenvalue weighted by molar-refractivity contribution is 7.48. The van der Waals surface area contributed by atoms with E-state index in [1.807, 2.05) is 19.9 Å². The summed E-state index contributed by atoms with van der Waals surface area (Å²) in [5.41, 5.74) is 6.07. The van der Waals surface area contributed by atoms with Crippen LogP contribution in [0.4, 0.5) is 10.7 Å². The summed E-state index contributed by atoms with van der Waals surface area (Å²) >= 11 is 6.11. The number of aromatic nitrogens is 4. The van der Waals surface area contributed by atoms with Gasteiger partial charge in [0.1, 0.15) is 6.10 Å². The number of halogens is 1. The molecule has 220 valence electrons. The van der Waals surface area contributed by atoms with Crippen LogP contribution in [0, 0.1) is 5.92 Å². The zero-order valence-electron chi connectivity index (χ0n) is 22.5. The molecule has 0 aliphatic carbocycles. The fourth-order valence-corrected chi connectivity index (χ4v) is 6.65. The molecule has 3 aliphatic rings. The van der Waals surface area contributed by atoms with E-state index >= 15 is 0 Å². The van der Waals surface area contributed by atoms with E-state index in [-0.39, 0.29) is 31.0 Å². The molecular weight excluding hydrogens is 581 g/mol. The van der Waals surface area contributed by atoms with Crippen molar-refractivity contribution in [3.63, 3.8) is 0 Å². The van der Waals surface area contributed by atoms with Crippen LogP contribution in [0.15, 0.2) is 30.6 Å². The summed E-state index contributed by atoms with van der Waals surface area (Å²) < 4.78 is 55.0. The van der Waals surface area contributed by atoms with Gasteiger partial charge in [0.05, 0.1) is 32.3 Å². The lowest BCUT2D eigenvalue weighted by Crippen LogP contribution is -2.42. The number of nitrogens with zero attached hydrogens (tertiary/aromatic N) is 4. The van der Waals surface area contributed by atoms with Crippen LogP contribution >= 0.6 is 19.4 Å². The molecule has 3 fully saturated rings. The zero-order valence-corrected chi connectivity index (χ0v) is 24.1. The van der Waals surface area contributed by atoms with Crippen molar-refractivity contribution < 1.29 is 41.9 Å². The number of carbonyl (C=O) groups excluding carboxylic acids is 1. The standard InChI is InChI=1S/C25H29ClN5O9P/c1-13(2)10-34-21-18-20(29-23(27)30-21)31(12-28-18)22-25(3)19(38-24(32)39-25)17(37-22)11-36-41(33)35-8-7-16(40-41)14-5-4-6-15(26)9-14/h4-6,9,12-13,16-17,19,22H,7-8,10-11H2,1-3H3,(H2,27,29,30)/t16-,17+,19+,22+,25+,41+/m0/s1. The molecule has 14 nitrogen and oxygen atoms in total. The Morgan fingerprint density at radius 3 is 2.93 bits per heavy atom. The number of hydrogen-bond donors (Lipinski definition) is 1. The number of anilines is 1. The van der Waals surface area contributed by atoms with E-state index < -0.39 is 44.1 Å². The number of nitrogen functional groups attached to an aromatic ring is 1. The van der Waals surface area contributed by atoms with Crippen LogP contribution in [0.3, 0.4) is 0 Å². The minimum absolute atomic E-state index is 0.0313. The number of ether oxygens (including phenoxy) is 4. The SMILES string of the molecule is CC(C)COc1nc(N)nc2c1ncn2[C@@H]1O[C@H](CO[P@@]2(=O)OCC[C@@H](c3cccc(Cl)c3)O2)[C@H]2OC(=O)O[C@]21C. The first kappa shape index (κ1) is 28.1. The van der Waals surface area contributed by atoms with Crippen LogP contribution in [0.5, 0.6) is 5.88 Å². The predicted octanol–water partition coefficient (Wildman–Crippen LogP) is 4.59. The van der Waals surface area contributed by atoms with E-state index in [0.717, 1.165) is 5.56 Å². The Bertz CT molecular complexity index is 1520. The quantitative estimate of drug-likeness (QED) is 0.278. The molecular formula is C25H29ClN5O9P. The second kappa shape index (κ2) is 10.7. The van der Waals surface area contributed by atoms with Gasteiger partial charge in [-0.2, -0.15) is 9.97 Å². The maximum absolute atomic E-state index is 13.4. The van der Waals surface area contributed by atoms with Gasteiger partial charge in [0.15, 0.2) is 29.1 Å². The maximum Gasteiger partial charge on any atom is 0.509 e. The Labute approximate surface area is 239 Å². The lowest BCUT2D eigenvalue weighted by atomic mass is 9.96. The van der Waals surface area contributed by atoms with Gasteiger partial charge in [-0.25, -0.2) is 14.3 Å². The van der Waals surface area contributed by atoms with Crippen molar-refractivity contribution in [3.8, 4) is 5.88 Å². The molecule has 0 spiro atoms. The van der Waals surface area contributed by atoms with Gasteiger partial charge >= 0.3 is 14.0 Å². The van der Waals surface area contributed by atoms with E-state index in [4.69, 9.17) is 49.9 Å². The van der Waals surface area contributed by atoms with Gasteiger partial charge in [0.25, 0.3) is 0 Å². The summed E-state index contributed by atoms with van der Waals surface area (Å²) in [5, 5.41) is 0.527. The van der Waals surface area contributed by atoms with Gasteiger partial charge in [-0.1, -0.05) is 37.6 Å². The minimum Gasteiger partial charge on any atom is -0.476 e. The number of carbonyl (C=O) groups is 1. The van der Waals surface area contributed by atoms with Crippen LogP contribution in [-0.4, -0.2) is 63.3 Å². The number of imidazole rings is 1. The lowest BCUT2D eigenvalue weighted by Gasteiger charge is -2.30. The molecule has 2 aromatic heterocycles. The summed E-state index contributed by atoms with van der Waals surface area (Å²) in [7, 11) is -4.00. The molecule has 41 heavy (non-hydrogen) atoms. The fraction of sp³-hybridized carbons (Fsp3) is 0.520. The Morgan fingerprint density at radius 1 is 1.32 bits per heavy atom. The highest BCUT2D eigenvalue weighted by Gasteiger charge is 2.64. The molecule has 0 amide bonds. The third kappa shape index (κ3) is 5.36. The molecule has 5 heterocycles. The Hall–Kier alpha value is -3.00. The van der Waals surface area contributed by atoms with Crippen molar-refractivity contribution >= 4 is 42.7 Å². The van der Waals surface area contributed by atoms with E-state index in [1.54, 1.807) is 29.7 Å². The van der Waals surface area contributed by atoms with Crippen LogP contribution in [-0.2, 0) is 32.3 Å². The third-order valence-corrected chi connectivity index (χ3v) is 8.65. The number of phosphoric ester groups is 1. The summed E-state index contributed by atoms with van der Waals surface area (Å²) in [4.78, 5) is 25.2. The second-order valence-corrected chi connectivity index (χ2v) is 12.6. The van der Waals surface area contributed by atoms with Gasteiger partial charge < -0.3 is 24.7 Å². The summed E-state index contributed by atoms with van der Waals surface area (Å²) in [6.45, 7) is 5.90. The molecule has 0 bridgehead atoms. The topological polar surface area (TPSA) is 168 Å². The van der Waals surface area contributed by atoms with Crippen molar-refractivity contribution in [2.45, 2.75) is 57.3 Å². The van der Waals surface area contributed by atoms with Gasteiger partial charge in [0.2, 0.25) is 11.8 Å². The van der Waals surface area contributed by atoms with Gasteiger partial charge in [-0.15, -0.1) is 0 Å². The molecule has 6 rings (SSSR count). The third-order valence-electron chi connectivity index (χ3n) is 6.94. The number of fused-ring (bicyclic) bond motifs is 2. The molecule has 3 aromatic rings. The van der Waals surface area contributed by atoms with Gasteiger partial charge in [-0.3, -0.25) is 18.1 Å². The Balaban J connectivity index is 1.24. The number of rotatable bonds is 8. The number of nitrogens with two attached hydrogens (primary N) is 1. The highest BCUT2D eigenvalue weighted by atomic mass is 35.5. The highest BCUT2D eigenvalue weighted by Crippen LogP contribution is 2.58. The molecule has 3 aliphatic heterocycles. The summed E-state index contributed by atoms with van der Waals surface area (Å²) in [6, 6.07) is 7.07. The lowest BCUT2D eigenvalue weighted by molar-refractivity contribution is -0.0925. The Kier molecular flexibility index (Phi) is 7.33. The predicted molar refractivity (Wildman–Crippen MR) is 143 cm³/mol. The molecule has 6 atom stereocenters. The van der Waals surface area contributed by atoms with E-state index in [9.17, 15) is 9.36 Å². The molecule has 1 aromatic carbocycles. The first-order valence-corrected chi connectivity index (χ1v) is 14.9. The number of phosphoric acid groups is 1. The van der Waals surface area contributed by atoms with Crippen molar-refractivity contribution in [3.05, 3.63) is 41.2 Å². The molecule has 3 saturated heterocycles. The van der Waals surface area contributed by atoms with E-state index in [2.05, 4.69) is 15.0 Å². The van der Waals surface area contributed by atoms with Crippen LogP contribution in [0.2, 0.25) is 5.02 Å². The molecule has 0 unspecified atom stereocenters. The summed E-state index contributed by atoms with van der Waals surface area (Å²) in [5.74, 6) is 0.427. The molecule has 16 heteroatoms. The first-order chi connectivity index (χ1) is 19.5. The Morgan fingerprint density at radius 2 is 2.15 bits per heavy atom. The van der Waals surface area contributed by atoms with Crippen molar-refractivity contribution in [2.75, 3.05) is 25.6 Å². The van der Waals surface area contributed by atoms with Gasteiger partial charge in [-0.05, 0) is 30.5 Å². The van der Waals surface area contributed by atoms with Crippen LogP contribution in [0.25, 0.3) is 11.2 Å². The van der Waals surface area contributed by atoms with Gasteiger partial charge in [0, 0.05) is 11.4 Å². The normalized spacial score (nSPS) is 31.3. The zero-order chi connectivity index (χ0) is 28.9. The largest absolute Gasteiger partial charge is 0.509 e. The smallest absolute Gasteiger partial charge is 0.476 e. The fourth-order valence-electron chi connectivity index (χ4n) is 5.06. The van der Waals surface area contributed by atoms with Crippen molar-refractivity contribution in [1.82, 2.24) is 19.5 Å². The van der Waals surface area contributed by atoms with Crippen LogP contribution < -0.4 is 10.5 Å². The average Bonchev–Trinajstić information content (AvgIpc) is 3.54. The number of benzene rings is 1. The molecule has 0 radical (unpaired) electrons. The van der Waals surface area contributed by atoms with E-state index in [0.29, 0.717) is 29.2 Å². The van der Waals surface area contributed by atoms with Crippen LogP contribution in [0.1, 0.15) is 45.1 Å². The number of hydrogen-bond acceptors (Lipinski definition) is 13. The van der Waals surface area contributed by atoms with Crippen molar-refractivity contribution in [2.24, 2.45) is 5.92 Å². The first-order valence-electron chi connectivity index (χ1n) is 13.1. The minimum atomic E-state index is -4.00. The molecule has 2 N–H and O–H groups in total. The second-order valence-electron chi connectivity index (χ2n) is 10.5. The summed E-state index contributed by atoms with van der Waals surface area (Å²) in [6.07, 6.45) is -2.29. The maximum atomic E-state index is 13.4.